The zero-order valence-corrected chi connectivity index (χ0v) is 5.65. The maximum atomic E-state index is 10.4. The molecular weight excluding hydrogens is 152 g/mol. The number of hydrogen-bond acceptors (Lipinski definition) is 5. The zero-order chi connectivity index (χ0) is 8.85. The van der Waals surface area contributed by atoms with E-state index in [0.717, 1.165) is 0 Å². The highest BCUT2D eigenvalue weighted by molar-refractivity contribution is 5.85. The number of carbonyl (C=O) groups excluding carboxylic acids is 1. The number of aliphatic hydroxyl groups is 3. The number of carbonyl (C=O) groups is 1. The Hall–Kier alpha value is -1.65. The molecule has 11 heavy (non-hydrogen) atoms. The molecular formula is C6H8O5. The molecule has 62 valence electrons. The Labute approximate surface area is 62.8 Å². The molecule has 0 rings (SSSR count). The lowest BCUT2D eigenvalue weighted by Gasteiger charge is -1.98. The van der Waals surface area contributed by atoms with Crippen LogP contribution in [0, 0.1) is 0 Å². The highest BCUT2D eigenvalue weighted by Gasteiger charge is 2.13. The molecule has 0 spiro atoms. The second-order valence-electron chi connectivity index (χ2n) is 1.56. The summed E-state index contributed by atoms with van der Waals surface area (Å²) < 4.78 is 4.23. The van der Waals surface area contributed by atoms with Crippen LogP contribution in [0.2, 0.25) is 0 Å². The summed E-state index contributed by atoms with van der Waals surface area (Å²) in [4.78, 5) is 10.4. The van der Waals surface area contributed by atoms with E-state index in [2.05, 4.69) is 11.3 Å². The zero-order valence-electron chi connectivity index (χ0n) is 5.65. The third kappa shape index (κ3) is 3.14. The first kappa shape index (κ1) is 9.35. The first-order valence-corrected chi connectivity index (χ1v) is 2.68. The summed E-state index contributed by atoms with van der Waals surface area (Å²) in [5.74, 6) is -3.88. The second-order valence-corrected chi connectivity index (χ2v) is 1.56. The van der Waals surface area contributed by atoms with Crippen molar-refractivity contribution in [3.05, 3.63) is 24.4 Å². The molecule has 0 heterocycles. The van der Waals surface area contributed by atoms with Crippen molar-refractivity contribution in [1.82, 2.24) is 0 Å². The van der Waals surface area contributed by atoms with Crippen LogP contribution in [0.15, 0.2) is 24.4 Å². The van der Waals surface area contributed by atoms with Crippen LogP contribution in [0.1, 0.15) is 0 Å². The van der Waals surface area contributed by atoms with Crippen LogP contribution in [0.4, 0.5) is 0 Å². The number of hydrogen-bond donors (Lipinski definition) is 3. The predicted octanol–water partition coefficient (Wildman–Crippen LogP) is 0.559. The molecule has 0 aliphatic rings. The van der Waals surface area contributed by atoms with Crippen molar-refractivity contribution in [2.24, 2.45) is 0 Å². The largest absolute Gasteiger partial charge is 0.497 e. The monoisotopic (exact) mass is 160 g/mol. The Morgan fingerprint density at radius 2 is 2.00 bits per heavy atom. The molecule has 0 aromatic rings. The Morgan fingerprint density at radius 3 is 2.36 bits per heavy atom. The first-order chi connectivity index (χ1) is 5.09. The van der Waals surface area contributed by atoms with Crippen molar-refractivity contribution < 1.29 is 24.9 Å². The number of rotatable bonds is 3. The van der Waals surface area contributed by atoms with Crippen molar-refractivity contribution in [3.8, 4) is 0 Å². The van der Waals surface area contributed by atoms with Crippen LogP contribution in [0.3, 0.4) is 0 Å². The minimum Gasteiger partial charge on any atom is -0.497 e. The normalized spacial score (nSPS) is 8.36. The van der Waals surface area contributed by atoms with Crippen LogP contribution < -0.4 is 0 Å². The molecule has 3 N–H and O–H groups in total. The van der Waals surface area contributed by atoms with Gasteiger partial charge in [0, 0.05) is 0 Å². The van der Waals surface area contributed by atoms with Crippen molar-refractivity contribution in [3.63, 3.8) is 0 Å². The highest BCUT2D eigenvalue weighted by atomic mass is 16.6. The smallest absolute Gasteiger partial charge is 0.381 e. The van der Waals surface area contributed by atoms with Crippen molar-refractivity contribution in [2.45, 2.75) is 0 Å². The van der Waals surface area contributed by atoms with E-state index in [-0.39, 0.29) is 6.61 Å². The van der Waals surface area contributed by atoms with Gasteiger partial charge in [-0.1, -0.05) is 12.7 Å². The minimum absolute atomic E-state index is 0.101. The van der Waals surface area contributed by atoms with Gasteiger partial charge in [0.1, 0.15) is 6.61 Å². The molecule has 0 aromatic heterocycles. The fraction of sp³-hybridized carbons (Fsp3) is 0.167. The molecule has 0 unspecified atom stereocenters. The summed E-state index contributed by atoms with van der Waals surface area (Å²) in [7, 11) is 0. The van der Waals surface area contributed by atoms with Crippen LogP contribution in [-0.2, 0) is 9.53 Å². The molecule has 0 aliphatic carbocycles. The number of ether oxygens (including phenoxy) is 1. The summed E-state index contributed by atoms with van der Waals surface area (Å²) in [6.45, 7) is 3.14. The third-order valence-corrected chi connectivity index (χ3v) is 0.737. The van der Waals surface area contributed by atoms with E-state index in [1.165, 1.54) is 6.08 Å². The van der Waals surface area contributed by atoms with Crippen LogP contribution >= 0.6 is 0 Å². The van der Waals surface area contributed by atoms with Gasteiger partial charge >= 0.3 is 11.9 Å². The van der Waals surface area contributed by atoms with E-state index in [4.69, 9.17) is 15.3 Å². The maximum Gasteiger partial charge on any atom is 0.381 e. The van der Waals surface area contributed by atoms with Crippen LogP contribution in [0.25, 0.3) is 0 Å². The molecule has 0 saturated carbocycles. The fourth-order valence-corrected chi connectivity index (χ4v) is 0.294. The summed E-state index contributed by atoms with van der Waals surface area (Å²) in [5, 5.41) is 24.8. The number of esters is 1. The van der Waals surface area contributed by atoms with Gasteiger partial charge in [-0.2, -0.15) is 0 Å². The van der Waals surface area contributed by atoms with Gasteiger partial charge < -0.3 is 20.1 Å². The average Bonchev–Trinajstić information content (AvgIpc) is 1.98. The molecule has 5 nitrogen and oxygen atoms in total. The summed E-state index contributed by atoms with van der Waals surface area (Å²) in [6, 6.07) is 0. The standard InChI is InChI=1S/C6H8O5/c1-2-3-11-6(10)4(7)5(8)9/h2,7-9H,1,3H2. The minimum atomic E-state index is -1.46. The molecule has 0 amide bonds. The van der Waals surface area contributed by atoms with Crippen molar-refractivity contribution in [1.29, 1.82) is 0 Å². The van der Waals surface area contributed by atoms with E-state index >= 15 is 0 Å². The second kappa shape index (κ2) is 4.21. The van der Waals surface area contributed by atoms with Gasteiger partial charge in [-0.05, 0) is 0 Å². The van der Waals surface area contributed by atoms with Gasteiger partial charge in [0.15, 0.2) is 0 Å². The first-order valence-electron chi connectivity index (χ1n) is 2.68. The van der Waals surface area contributed by atoms with Gasteiger partial charge in [-0.3, -0.25) is 0 Å². The Balaban J connectivity index is 4.04. The Morgan fingerprint density at radius 1 is 1.45 bits per heavy atom. The van der Waals surface area contributed by atoms with E-state index in [0.29, 0.717) is 0 Å². The highest BCUT2D eigenvalue weighted by Crippen LogP contribution is 1.96. The average molecular weight is 160 g/mol. The van der Waals surface area contributed by atoms with Gasteiger partial charge in [-0.25, -0.2) is 4.79 Å². The summed E-state index contributed by atoms with van der Waals surface area (Å²) >= 11 is 0. The van der Waals surface area contributed by atoms with Gasteiger partial charge in [0.05, 0.1) is 0 Å². The molecule has 0 radical (unpaired) electrons. The van der Waals surface area contributed by atoms with Crippen molar-refractivity contribution >= 4 is 5.97 Å². The quantitative estimate of drug-likeness (QED) is 0.243. The van der Waals surface area contributed by atoms with Crippen LogP contribution in [0.5, 0.6) is 0 Å². The summed E-state index contributed by atoms with van der Waals surface area (Å²) in [6.07, 6.45) is 1.28. The molecule has 5 heteroatoms. The molecule has 0 aliphatic heterocycles. The van der Waals surface area contributed by atoms with Crippen LogP contribution in [-0.4, -0.2) is 27.9 Å². The Bertz CT molecular complexity index is 189. The van der Waals surface area contributed by atoms with E-state index in [1.54, 1.807) is 0 Å². The predicted molar refractivity (Wildman–Crippen MR) is 36.1 cm³/mol. The van der Waals surface area contributed by atoms with Gasteiger partial charge in [-0.15, -0.1) is 0 Å². The molecule has 0 atom stereocenters. The van der Waals surface area contributed by atoms with Crippen molar-refractivity contribution in [2.75, 3.05) is 6.61 Å². The topological polar surface area (TPSA) is 87.0 Å². The van der Waals surface area contributed by atoms with E-state index < -0.39 is 17.7 Å². The lowest BCUT2D eigenvalue weighted by molar-refractivity contribution is -0.141. The molecule has 0 aromatic carbocycles. The fourth-order valence-electron chi connectivity index (χ4n) is 0.294. The van der Waals surface area contributed by atoms with E-state index in [9.17, 15) is 4.79 Å². The van der Waals surface area contributed by atoms with Gasteiger partial charge in [0.25, 0.3) is 5.76 Å². The SMILES string of the molecule is C=CCOC(=O)C(O)=C(O)O. The molecule has 0 saturated heterocycles. The summed E-state index contributed by atoms with van der Waals surface area (Å²) in [5.41, 5.74) is 0. The van der Waals surface area contributed by atoms with Gasteiger partial charge in [0.2, 0.25) is 0 Å². The Kier molecular flexibility index (Phi) is 3.58. The maximum absolute atomic E-state index is 10.4. The molecule has 0 fully saturated rings. The molecule has 0 bridgehead atoms. The lowest BCUT2D eigenvalue weighted by Crippen LogP contribution is -2.09. The third-order valence-electron chi connectivity index (χ3n) is 0.737. The lowest BCUT2D eigenvalue weighted by atomic mass is 10.5. The van der Waals surface area contributed by atoms with E-state index in [1.807, 2.05) is 0 Å². The number of aliphatic hydroxyl groups excluding tert-OH is 2.